The van der Waals surface area contributed by atoms with Crippen LogP contribution in [0.3, 0.4) is 0 Å². The molecule has 9 heteroatoms. The number of nitrogens with one attached hydrogen (secondary N) is 3. The van der Waals surface area contributed by atoms with Crippen LogP contribution in [-0.2, 0) is 14.3 Å². The molecule has 1 aromatic rings. The first-order chi connectivity index (χ1) is 15.1. The number of hydrogen-bond donors (Lipinski definition) is 3. The van der Waals surface area contributed by atoms with Crippen molar-refractivity contribution in [1.82, 2.24) is 16.0 Å². The molecule has 0 aromatic heterocycles. The predicted molar refractivity (Wildman–Crippen MR) is 111 cm³/mol. The summed E-state index contributed by atoms with van der Waals surface area (Å²) in [5, 5.41) is 8.41. The van der Waals surface area contributed by atoms with Crippen molar-refractivity contribution >= 4 is 17.7 Å². The van der Waals surface area contributed by atoms with Crippen LogP contribution in [0, 0.1) is 0 Å². The SMILES string of the molecule is O=C1CCC(NC(=O)c2ccc3c(c2)OCCCCOCCNC2CC(C2)O3)C(=O)N1. The largest absolute Gasteiger partial charge is 0.490 e. The van der Waals surface area contributed by atoms with Crippen LogP contribution in [-0.4, -0.2) is 62.3 Å². The van der Waals surface area contributed by atoms with Crippen LogP contribution in [0.25, 0.3) is 0 Å². The predicted octanol–water partition coefficient (Wildman–Crippen LogP) is 0.910. The van der Waals surface area contributed by atoms with Crippen LogP contribution >= 0.6 is 0 Å². The molecule has 1 saturated heterocycles. The second kappa shape index (κ2) is 10.1. The molecule has 1 unspecified atom stereocenters. The molecule has 0 radical (unpaired) electrons. The lowest BCUT2D eigenvalue weighted by Gasteiger charge is -2.36. The summed E-state index contributed by atoms with van der Waals surface area (Å²) in [4.78, 5) is 35.9. The molecule has 3 N–H and O–H groups in total. The molecule has 3 amide bonds. The summed E-state index contributed by atoms with van der Waals surface area (Å²) in [6.07, 6.45) is 4.14. The lowest BCUT2D eigenvalue weighted by Crippen LogP contribution is -2.52. The Hall–Kier alpha value is -2.65. The van der Waals surface area contributed by atoms with E-state index in [1.54, 1.807) is 18.2 Å². The van der Waals surface area contributed by atoms with E-state index in [1.807, 2.05) is 0 Å². The molecule has 3 heterocycles. The third kappa shape index (κ3) is 5.74. The number of rotatable bonds is 2. The van der Waals surface area contributed by atoms with Crippen molar-refractivity contribution in [3.8, 4) is 11.5 Å². The molecule has 4 aliphatic rings. The van der Waals surface area contributed by atoms with Crippen molar-refractivity contribution in [2.45, 2.75) is 56.7 Å². The van der Waals surface area contributed by atoms with Crippen molar-refractivity contribution in [1.29, 1.82) is 0 Å². The van der Waals surface area contributed by atoms with Crippen LogP contribution < -0.4 is 25.4 Å². The van der Waals surface area contributed by atoms with Gasteiger partial charge in [0.15, 0.2) is 11.5 Å². The molecule has 2 bridgehead atoms. The summed E-state index contributed by atoms with van der Waals surface area (Å²) >= 11 is 0. The Bertz CT molecular complexity index is 823. The lowest BCUT2D eigenvalue weighted by atomic mass is 9.89. The van der Waals surface area contributed by atoms with E-state index in [9.17, 15) is 14.4 Å². The zero-order chi connectivity index (χ0) is 21.6. The quantitative estimate of drug-likeness (QED) is 0.596. The van der Waals surface area contributed by atoms with E-state index >= 15 is 0 Å². The Morgan fingerprint density at radius 1 is 1.06 bits per heavy atom. The smallest absolute Gasteiger partial charge is 0.252 e. The van der Waals surface area contributed by atoms with Crippen molar-refractivity contribution in [2.24, 2.45) is 0 Å². The lowest BCUT2D eigenvalue weighted by molar-refractivity contribution is -0.134. The minimum absolute atomic E-state index is 0.106. The summed E-state index contributed by atoms with van der Waals surface area (Å²) in [7, 11) is 0. The van der Waals surface area contributed by atoms with Gasteiger partial charge in [-0.1, -0.05) is 0 Å². The Morgan fingerprint density at radius 3 is 2.74 bits per heavy atom. The summed E-state index contributed by atoms with van der Waals surface area (Å²) in [5.74, 6) is -0.0519. The number of fused-ring (bicyclic) bond motifs is 8. The Labute approximate surface area is 181 Å². The summed E-state index contributed by atoms with van der Waals surface area (Å²) < 4.78 is 17.7. The molecule has 0 spiro atoms. The van der Waals surface area contributed by atoms with Gasteiger partial charge in [-0.05, 0) is 50.3 Å². The molecule has 5 rings (SSSR count). The maximum Gasteiger partial charge on any atom is 0.252 e. The maximum atomic E-state index is 12.7. The number of hydrogen-bond acceptors (Lipinski definition) is 7. The Morgan fingerprint density at radius 2 is 1.90 bits per heavy atom. The van der Waals surface area contributed by atoms with E-state index in [0.29, 0.717) is 49.3 Å². The molecule has 1 saturated carbocycles. The average molecular weight is 431 g/mol. The standard InChI is InChI=1S/C22H29N3O6/c26-20-6-4-17(22(28)25-20)24-21(27)14-3-5-18-19(11-14)30-9-2-1-8-29-10-7-23-15-12-16(13-15)31-18/h3,5,11,15-17,23H,1-2,4,6-10,12-13H2,(H,24,27)(H,25,26,28). The van der Waals surface area contributed by atoms with Gasteiger partial charge in [0.05, 0.1) is 13.2 Å². The van der Waals surface area contributed by atoms with E-state index in [4.69, 9.17) is 14.2 Å². The highest BCUT2D eigenvalue weighted by atomic mass is 16.5. The third-order valence-electron chi connectivity index (χ3n) is 5.76. The van der Waals surface area contributed by atoms with E-state index in [1.165, 1.54) is 0 Å². The van der Waals surface area contributed by atoms with Gasteiger partial charge in [-0.3, -0.25) is 19.7 Å². The van der Waals surface area contributed by atoms with Gasteiger partial charge in [-0.25, -0.2) is 0 Å². The van der Waals surface area contributed by atoms with Gasteiger partial charge in [-0.15, -0.1) is 0 Å². The zero-order valence-electron chi connectivity index (χ0n) is 17.5. The van der Waals surface area contributed by atoms with Gasteiger partial charge in [-0.2, -0.15) is 0 Å². The van der Waals surface area contributed by atoms with Gasteiger partial charge in [0.2, 0.25) is 11.8 Å². The van der Waals surface area contributed by atoms with Gasteiger partial charge in [0.1, 0.15) is 12.1 Å². The summed E-state index contributed by atoms with van der Waals surface area (Å²) in [6.45, 7) is 2.73. The summed E-state index contributed by atoms with van der Waals surface area (Å²) in [5.41, 5.74) is 0.376. The van der Waals surface area contributed by atoms with Crippen LogP contribution in [0.2, 0.25) is 0 Å². The van der Waals surface area contributed by atoms with E-state index < -0.39 is 17.9 Å². The van der Waals surface area contributed by atoms with Crippen LogP contribution in [0.5, 0.6) is 11.5 Å². The second-order valence-electron chi connectivity index (χ2n) is 8.17. The number of carbonyl (C=O) groups excluding carboxylic acids is 3. The van der Waals surface area contributed by atoms with Crippen molar-refractivity contribution in [3.63, 3.8) is 0 Å². The number of imide groups is 1. The van der Waals surface area contributed by atoms with Crippen LogP contribution in [0.4, 0.5) is 0 Å². The van der Waals surface area contributed by atoms with Crippen molar-refractivity contribution in [3.05, 3.63) is 23.8 Å². The minimum Gasteiger partial charge on any atom is -0.490 e. The average Bonchev–Trinajstić information content (AvgIpc) is 2.73. The highest BCUT2D eigenvalue weighted by Crippen LogP contribution is 2.34. The molecule has 168 valence electrons. The Kier molecular flexibility index (Phi) is 7.03. The van der Waals surface area contributed by atoms with Crippen molar-refractivity contribution < 1.29 is 28.6 Å². The van der Waals surface area contributed by atoms with Gasteiger partial charge in [0.25, 0.3) is 5.91 Å². The highest BCUT2D eigenvalue weighted by molar-refractivity contribution is 6.03. The van der Waals surface area contributed by atoms with E-state index in [0.717, 1.165) is 32.2 Å². The number of amides is 3. The summed E-state index contributed by atoms with van der Waals surface area (Å²) in [6, 6.07) is 4.77. The monoisotopic (exact) mass is 431 g/mol. The molecule has 3 aliphatic heterocycles. The molecule has 1 aliphatic carbocycles. The molecule has 31 heavy (non-hydrogen) atoms. The third-order valence-corrected chi connectivity index (χ3v) is 5.76. The van der Waals surface area contributed by atoms with E-state index in [2.05, 4.69) is 16.0 Å². The number of carbonyl (C=O) groups is 3. The van der Waals surface area contributed by atoms with E-state index in [-0.39, 0.29) is 18.4 Å². The first-order valence-electron chi connectivity index (χ1n) is 11.0. The molecule has 1 atom stereocenters. The first-order valence-corrected chi connectivity index (χ1v) is 11.0. The normalized spacial score (nSPS) is 27.2. The fourth-order valence-electron chi connectivity index (χ4n) is 3.87. The molecule has 2 fully saturated rings. The molecule has 1 aromatic carbocycles. The number of benzene rings is 1. The fourth-order valence-corrected chi connectivity index (χ4v) is 3.87. The number of ether oxygens (including phenoxy) is 3. The van der Waals surface area contributed by atoms with Crippen molar-refractivity contribution in [2.75, 3.05) is 26.4 Å². The van der Waals surface area contributed by atoms with Crippen LogP contribution in [0.1, 0.15) is 48.9 Å². The fraction of sp³-hybridized carbons (Fsp3) is 0.591. The van der Waals surface area contributed by atoms with Gasteiger partial charge >= 0.3 is 0 Å². The Balaban J connectivity index is 1.43. The topological polar surface area (TPSA) is 115 Å². The molecule has 9 nitrogen and oxygen atoms in total. The minimum atomic E-state index is -0.723. The second-order valence-corrected chi connectivity index (χ2v) is 8.17. The maximum absolute atomic E-state index is 12.7. The molecular weight excluding hydrogens is 402 g/mol. The zero-order valence-corrected chi connectivity index (χ0v) is 17.5. The van der Waals surface area contributed by atoms with Gasteiger partial charge in [0, 0.05) is 31.2 Å². The van der Waals surface area contributed by atoms with Crippen LogP contribution in [0.15, 0.2) is 18.2 Å². The first kappa shape index (κ1) is 21.6. The highest BCUT2D eigenvalue weighted by Gasteiger charge is 2.32. The molecular formula is C22H29N3O6. The van der Waals surface area contributed by atoms with Gasteiger partial charge < -0.3 is 24.8 Å². The number of piperidine rings is 1.